The minimum absolute atomic E-state index is 0.165. The van der Waals surface area contributed by atoms with Crippen molar-refractivity contribution >= 4 is 23.2 Å². The Morgan fingerprint density at radius 2 is 2.08 bits per heavy atom. The number of nitrogens with two attached hydrogens (primary N) is 2. The highest BCUT2D eigenvalue weighted by Crippen LogP contribution is 2.23. The predicted octanol–water partition coefficient (Wildman–Crippen LogP) is 1.74. The van der Waals surface area contributed by atoms with E-state index in [0.717, 1.165) is 5.56 Å². The molecule has 0 spiro atoms. The Hall–Kier alpha value is -0.350. The maximum absolute atomic E-state index is 5.84. The summed E-state index contributed by atoms with van der Waals surface area (Å²) in [7, 11) is 0. The summed E-state index contributed by atoms with van der Waals surface area (Å²) >= 11 is 11.5. The van der Waals surface area contributed by atoms with Gasteiger partial charge in [0.05, 0.1) is 0 Å². The second kappa shape index (κ2) is 4.77. The standard InChI is InChI=1S/C8H11Cl2N3/c9-7-2-1-5(8(10)13-7)6(12)3-4-11/h1-2,6H,3-4,11-12H2/t6-/m0/s1. The number of nitrogens with zero attached hydrogens (tertiary/aromatic N) is 1. The zero-order chi connectivity index (χ0) is 9.84. The van der Waals surface area contributed by atoms with Gasteiger partial charge in [0.15, 0.2) is 0 Å². The molecule has 1 aromatic heterocycles. The van der Waals surface area contributed by atoms with E-state index in [4.69, 9.17) is 34.7 Å². The van der Waals surface area contributed by atoms with Crippen LogP contribution < -0.4 is 11.5 Å². The largest absolute Gasteiger partial charge is 0.330 e. The van der Waals surface area contributed by atoms with E-state index in [2.05, 4.69) is 4.98 Å². The maximum atomic E-state index is 5.84. The molecule has 0 unspecified atom stereocenters. The first-order chi connectivity index (χ1) is 6.15. The van der Waals surface area contributed by atoms with Crippen LogP contribution in [-0.2, 0) is 0 Å². The van der Waals surface area contributed by atoms with Gasteiger partial charge in [0.25, 0.3) is 0 Å². The van der Waals surface area contributed by atoms with Crippen LogP contribution in [0.4, 0.5) is 0 Å². The Balaban J connectivity index is 2.88. The van der Waals surface area contributed by atoms with Gasteiger partial charge in [0, 0.05) is 11.6 Å². The number of aromatic nitrogens is 1. The van der Waals surface area contributed by atoms with E-state index in [1.807, 2.05) is 0 Å². The Kier molecular flexibility index (Phi) is 3.93. The van der Waals surface area contributed by atoms with Crippen LogP contribution in [-0.4, -0.2) is 11.5 Å². The third-order valence-electron chi connectivity index (χ3n) is 1.72. The van der Waals surface area contributed by atoms with Crippen molar-refractivity contribution in [3.05, 3.63) is 28.0 Å². The second-order valence-corrected chi connectivity index (χ2v) is 3.44. The minimum atomic E-state index is -0.165. The van der Waals surface area contributed by atoms with Gasteiger partial charge >= 0.3 is 0 Å². The van der Waals surface area contributed by atoms with Gasteiger partial charge in [-0.1, -0.05) is 29.3 Å². The third-order valence-corrected chi connectivity index (χ3v) is 2.23. The van der Waals surface area contributed by atoms with Crippen LogP contribution in [0.25, 0.3) is 0 Å². The highest BCUT2D eigenvalue weighted by molar-refractivity contribution is 6.32. The molecule has 72 valence electrons. The summed E-state index contributed by atoms with van der Waals surface area (Å²) in [4.78, 5) is 3.89. The van der Waals surface area contributed by atoms with Crippen LogP contribution in [0.5, 0.6) is 0 Å². The van der Waals surface area contributed by atoms with Crippen molar-refractivity contribution in [2.75, 3.05) is 6.54 Å². The molecule has 0 saturated carbocycles. The quantitative estimate of drug-likeness (QED) is 0.762. The lowest BCUT2D eigenvalue weighted by atomic mass is 10.1. The lowest BCUT2D eigenvalue weighted by Crippen LogP contribution is -2.16. The highest BCUT2D eigenvalue weighted by atomic mass is 35.5. The van der Waals surface area contributed by atoms with Crippen LogP contribution in [0.2, 0.25) is 10.3 Å². The summed E-state index contributed by atoms with van der Waals surface area (Å²) in [5.41, 5.74) is 12.0. The van der Waals surface area contributed by atoms with Crippen molar-refractivity contribution in [1.29, 1.82) is 0 Å². The van der Waals surface area contributed by atoms with Crippen LogP contribution in [0.1, 0.15) is 18.0 Å². The Morgan fingerprint density at radius 3 is 2.62 bits per heavy atom. The molecule has 0 aliphatic heterocycles. The first-order valence-corrected chi connectivity index (χ1v) is 4.68. The zero-order valence-corrected chi connectivity index (χ0v) is 8.52. The molecule has 3 nitrogen and oxygen atoms in total. The van der Waals surface area contributed by atoms with Gasteiger partial charge in [-0.25, -0.2) is 4.98 Å². The Labute approximate surface area is 87.0 Å². The summed E-state index contributed by atoms with van der Waals surface area (Å²) < 4.78 is 0. The van der Waals surface area contributed by atoms with E-state index in [1.54, 1.807) is 12.1 Å². The average Bonchev–Trinajstić information content (AvgIpc) is 2.04. The smallest absolute Gasteiger partial charge is 0.135 e. The van der Waals surface area contributed by atoms with Crippen molar-refractivity contribution in [2.24, 2.45) is 11.5 Å². The van der Waals surface area contributed by atoms with Crippen molar-refractivity contribution in [2.45, 2.75) is 12.5 Å². The average molecular weight is 220 g/mol. The number of hydrogen-bond acceptors (Lipinski definition) is 3. The fourth-order valence-corrected chi connectivity index (χ4v) is 1.52. The van der Waals surface area contributed by atoms with Gasteiger partial charge in [-0.15, -0.1) is 0 Å². The molecular weight excluding hydrogens is 209 g/mol. The van der Waals surface area contributed by atoms with Crippen LogP contribution in [0, 0.1) is 0 Å². The summed E-state index contributed by atoms with van der Waals surface area (Å²) in [6.45, 7) is 0.528. The molecule has 0 radical (unpaired) electrons. The van der Waals surface area contributed by atoms with Gasteiger partial charge in [-0.2, -0.15) is 0 Å². The monoisotopic (exact) mass is 219 g/mol. The molecule has 1 atom stereocenters. The van der Waals surface area contributed by atoms with Crippen LogP contribution in [0.15, 0.2) is 12.1 Å². The van der Waals surface area contributed by atoms with E-state index in [-0.39, 0.29) is 6.04 Å². The topological polar surface area (TPSA) is 64.9 Å². The summed E-state index contributed by atoms with van der Waals surface area (Å²) in [6.07, 6.45) is 0.684. The first kappa shape index (κ1) is 10.7. The van der Waals surface area contributed by atoms with Crippen molar-refractivity contribution in [3.63, 3.8) is 0 Å². The Bertz CT molecular complexity index is 291. The van der Waals surface area contributed by atoms with E-state index in [0.29, 0.717) is 23.3 Å². The molecule has 0 fully saturated rings. The van der Waals surface area contributed by atoms with E-state index >= 15 is 0 Å². The van der Waals surface area contributed by atoms with Crippen molar-refractivity contribution in [1.82, 2.24) is 4.98 Å². The third kappa shape index (κ3) is 2.81. The molecule has 0 aliphatic carbocycles. The number of halogens is 2. The molecule has 13 heavy (non-hydrogen) atoms. The fraction of sp³-hybridized carbons (Fsp3) is 0.375. The number of hydrogen-bond donors (Lipinski definition) is 2. The Morgan fingerprint density at radius 1 is 1.38 bits per heavy atom. The van der Waals surface area contributed by atoms with E-state index < -0.39 is 0 Å². The molecule has 0 saturated heterocycles. The van der Waals surface area contributed by atoms with Crippen LogP contribution in [0.3, 0.4) is 0 Å². The zero-order valence-electron chi connectivity index (χ0n) is 7.00. The van der Waals surface area contributed by atoms with Gasteiger partial charge in [-0.3, -0.25) is 0 Å². The molecule has 4 N–H and O–H groups in total. The molecule has 0 bridgehead atoms. The SMILES string of the molecule is NCC[C@H](N)c1ccc(Cl)nc1Cl. The molecule has 1 aromatic rings. The number of rotatable bonds is 3. The summed E-state index contributed by atoms with van der Waals surface area (Å²) in [5.74, 6) is 0. The molecule has 0 aliphatic rings. The second-order valence-electron chi connectivity index (χ2n) is 2.70. The highest BCUT2D eigenvalue weighted by Gasteiger charge is 2.10. The lowest BCUT2D eigenvalue weighted by Gasteiger charge is -2.11. The molecular formula is C8H11Cl2N3. The van der Waals surface area contributed by atoms with Gasteiger partial charge in [-0.05, 0) is 19.0 Å². The first-order valence-electron chi connectivity index (χ1n) is 3.92. The van der Waals surface area contributed by atoms with Crippen molar-refractivity contribution in [3.8, 4) is 0 Å². The number of pyridine rings is 1. The van der Waals surface area contributed by atoms with E-state index in [9.17, 15) is 0 Å². The van der Waals surface area contributed by atoms with Crippen LogP contribution >= 0.6 is 23.2 Å². The molecule has 0 amide bonds. The minimum Gasteiger partial charge on any atom is -0.330 e. The lowest BCUT2D eigenvalue weighted by molar-refractivity contribution is 0.659. The molecule has 1 rings (SSSR count). The van der Waals surface area contributed by atoms with Gasteiger partial charge in [0.2, 0.25) is 0 Å². The molecule has 1 heterocycles. The van der Waals surface area contributed by atoms with Gasteiger partial charge < -0.3 is 11.5 Å². The molecule has 0 aromatic carbocycles. The fourth-order valence-electron chi connectivity index (χ4n) is 1.03. The summed E-state index contributed by atoms with van der Waals surface area (Å²) in [5, 5.41) is 0.724. The normalized spacial score (nSPS) is 12.9. The van der Waals surface area contributed by atoms with E-state index in [1.165, 1.54) is 0 Å². The van der Waals surface area contributed by atoms with Crippen molar-refractivity contribution < 1.29 is 0 Å². The maximum Gasteiger partial charge on any atom is 0.135 e. The predicted molar refractivity (Wildman–Crippen MR) is 54.9 cm³/mol. The molecule has 5 heteroatoms. The van der Waals surface area contributed by atoms with Gasteiger partial charge in [0.1, 0.15) is 10.3 Å². The summed E-state index contributed by atoms with van der Waals surface area (Å²) in [6, 6.07) is 3.28.